The number of benzene rings is 1. The molecule has 1 rings (SSSR count). The number of hydrogen-bond donors (Lipinski definition) is 2. The van der Waals surface area contributed by atoms with E-state index in [1.807, 2.05) is 24.3 Å². The molecule has 0 bridgehead atoms. The van der Waals surface area contributed by atoms with Gasteiger partial charge in [0.1, 0.15) is 11.8 Å². The van der Waals surface area contributed by atoms with Gasteiger partial charge >= 0.3 is 5.97 Å². The number of carbonyl (C=O) groups is 1. The highest BCUT2D eigenvalue weighted by molar-refractivity contribution is 5.73. The fourth-order valence-corrected chi connectivity index (χ4v) is 1.82. The molecule has 4 heteroatoms. The fraction of sp³-hybridized carbons (Fsp3) is 0.533. The summed E-state index contributed by atoms with van der Waals surface area (Å²) in [5.41, 5.74) is 6.40. The summed E-state index contributed by atoms with van der Waals surface area (Å²) in [5.74, 6) is -0.197. The summed E-state index contributed by atoms with van der Waals surface area (Å²) in [6.07, 6.45) is 4.99. The van der Waals surface area contributed by atoms with Crippen LogP contribution in [0.2, 0.25) is 0 Å². The lowest BCUT2D eigenvalue weighted by atomic mass is 10.1. The maximum Gasteiger partial charge on any atom is 0.320 e. The van der Waals surface area contributed by atoms with Gasteiger partial charge in [-0.25, -0.2) is 0 Å². The largest absolute Gasteiger partial charge is 0.494 e. The monoisotopic (exact) mass is 265 g/mol. The van der Waals surface area contributed by atoms with Gasteiger partial charge in [-0.1, -0.05) is 38.3 Å². The van der Waals surface area contributed by atoms with Crippen molar-refractivity contribution in [2.45, 2.75) is 45.1 Å². The zero-order chi connectivity index (χ0) is 14.1. The molecule has 0 spiro atoms. The first-order chi connectivity index (χ1) is 9.13. The van der Waals surface area contributed by atoms with E-state index in [-0.39, 0.29) is 0 Å². The minimum absolute atomic E-state index is 0.322. The molecule has 0 aliphatic carbocycles. The van der Waals surface area contributed by atoms with Crippen LogP contribution in [-0.2, 0) is 11.2 Å². The van der Waals surface area contributed by atoms with Crippen molar-refractivity contribution < 1.29 is 14.6 Å². The lowest BCUT2D eigenvalue weighted by molar-refractivity contribution is -0.138. The standard InChI is InChI=1S/C15H23NO3/c1-2-3-4-5-9-19-13-8-6-7-12(10-13)11-14(16)15(17)18/h6-8,10,14H,2-5,9,11,16H2,1H3,(H,17,18). The number of nitrogens with two attached hydrogens (primary N) is 1. The molecule has 0 amide bonds. The molecule has 0 saturated heterocycles. The molecular weight excluding hydrogens is 242 g/mol. The third-order valence-corrected chi connectivity index (χ3v) is 2.94. The highest BCUT2D eigenvalue weighted by atomic mass is 16.5. The quantitative estimate of drug-likeness (QED) is 0.673. The number of carboxylic acids is 1. The van der Waals surface area contributed by atoms with Crippen molar-refractivity contribution in [3.8, 4) is 5.75 Å². The number of rotatable bonds is 9. The molecular formula is C15H23NO3. The number of aliphatic carboxylic acids is 1. The molecule has 19 heavy (non-hydrogen) atoms. The van der Waals surface area contributed by atoms with E-state index in [4.69, 9.17) is 15.6 Å². The van der Waals surface area contributed by atoms with Crippen LogP contribution >= 0.6 is 0 Å². The Morgan fingerprint density at radius 2 is 2.16 bits per heavy atom. The van der Waals surface area contributed by atoms with Gasteiger partial charge in [0.15, 0.2) is 0 Å². The normalized spacial score (nSPS) is 12.1. The highest BCUT2D eigenvalue weighted by Crippen LogP contribution is 2.15. The van der Waals surface area contributed by atoms with Crippen LogP contribution in [0.4, 0.5) is 0 Å². The van der Waals surface area contributed by atoms with Crippen LogP contribution in [-0.4, -0.2) is 23.7 Å². The van der Waals surface area contributed by atoms with Crippen molar-refractivity contribution in [1.82, 2.24) is 0 Å². The predicted molar refractivity (Wildman–Crippen MR) is 75.4 cm³/mol. The van der Waals surface area contributed by atoms with Crippen LogP contribution < -0.4 is 10.5 Å². The van der Waals surface area contributed by atoms with E-state index >= 15 is 0 Å². The van der Waals surface area contributed by atoms with E-state index < -0.39 is 12.0 Å². The molecule has 0 aliphatic heterocycles. The predicted octanol–water partition coefficient (Wildman–Crippen LogP) is 2.60. The molecule has 3 N–H and O–H groups in total. The number of unbranched alkanes of at least 4 members (excludes halogenated alkanes) is 3. The van der Waals surface area contributed by atoms with Crippen LogP contribution in [0.25, 0.3) is 0 Å². The minimum atomic E-state index is -0.981. The van der Waals surface area contributed by atoms with Crippen LogP contribution in [0.3, 0.4) is 0 Å². The molecule has 0 fully saturated rings. The molecule has 1 unspecified atom stereocenters. The maximum absolute atomic E-state index is 10.7. The number of ether oxygens (including phenoxy) is 1. The van der Waals surface area contributed by atoms with E-state index in [1.165, 1.54) is 19.3 Å². The van der Waals surface area contributed by atoms with Crippen molar-refractivity contribution in [1.29, 1.82) is 0 Å². The molecule has 1 atom stereocenters. The van der Waals surface area contributed by atoms with Crippen molar-refractivity contribution in [3.63, 3.8) is 0 Å². The summed E-state index contributed by atoms with van der Waals surface area (Å²) in [6.45, 7) is 2.88. The molecule has 0 radical (unpaired) electrons. The molecule has 0 heterocycles. The Hall–Kier alpha value is -1.55. The van der Waals surface area contributed by atoms with Gasteiger partial charge in [-0.15, -0.1) is 0 Å². The summed E-state index contributed by atoms with van der Waals surface area (Å²) in [4.78, 5) is 10.7. The molecule has 1 aromatic rings. The van der Waals surface area contributed by atoms with Gasteiger partial charge in [-0.2, -0.15) is 0 Å². The Balaban J connectivity index is 2.41. The SMILES string of the molecule is CCCCCCOc1cccc(CC(N)C(=O)O)c1. The molecule has 0 aromatic heterocycles. The number of hydrogen-bond acceptors (Lipinski definition) is 3. The summed E-state index contributed by atoms with van der Waals surface area (Å²) < 4.78 is 5.65. The lowest BCUT2D eigenvalue weighted by Gasteiger charge is -2.09. The van der Waals surface area contributed by atoms with Crippen molar-refractivity contribution in [3.05, 3.63) is 29.8 Å². The summed E-state index contributed by atoms with van der Waals surface area (Å²) >= 11 is 0. The Morgan fingerprint density at radius 3 is 2.84 bits per heavy atom. The first kappa shape index (κ1) is 15.5. The number of carboxylic acid groups (broad SMARTS) is 1. The van der Waals surface area contributed by atoms with E-state index in [0.717, 1.165) is 17.7 Å². The van der Waals surface area contributed by atoms with Gasteiger partial charge in [0, 0.05) is 0 Å². The zero-order valence-corrected chi connectivity index (χ0v) is 11.5. The Bertz CT molecular complexity index is 393. The lowest BCUT2D eigenvalue weighted by Crippen LogP contribution is -2.32. The summed E-state index contributed by atoms with van der Waals surface area (Å²) in [7, 11) is 0. The second-order valence-corrected chi connectivity index (χ2v) is 4.71. The van der Waals surface area contributed by atoms with Gasteiger partial charge < -0.3 is 15.6 Å². The first-order valence-electron chi connectivity index (χ1n) is 6.83. The van der Waals surface area contributed by atoms with Crippen molar-refractivity contribution >= 4 is 5.97 Å². The van der Waals surface area contributed by atoms with Gasteiger partial charge in [0.25, 0.3) is 0 Å². The molecule has 0 saturated carbocycles. The Labute approximate surface area is 114 Å². The zero-order valence-electron chi connectivity index (χ0n) is 11.5. The third kappa shape index (κ3) is 6.25. The Morgan fingerprint density at radius 1 is 1.37 bits per heavy atom. The molecule has 0 aliphatic rings. The van der Waals surface area contributed by atoms with Crippen molar-refractivity contribution in [2.24, 2.45) is 5.73 Å². The van der Waals surface area contributed by atoms with Gasteiger partial charge in [0.05, 0.1) is 6.61 Å². The van der Waals surface area contributed by atoms with Gasteiger partial charge in [-0.3, -0.25) is 4.79 Å². The van der Waals surface area contributed by atoms with Crippen LogP contribution in [0.1, 0.15) is 38.2 Å². The van der Waals surface area contributed by atoms with Crippen molar-refractivity contribution in [2.75, 3.05) is 6.61 Å². The average Bonchev–Trinajstić information content (AvgIpc) is 2.39. The molecule has 106 valence electrons. The minimum Gasteiger partial charge on any atom is -0.494 e. The topological polar surface area (TPSA) is 72.5 Å². The molecule has 4 nitrogen and oxygen atoms in total. The molecule has 1 aromatic carbocycles. The van der Waals surface area contributed by atoms with E-state index in [9.17, 15) is 4.79 Å². The second-order valence-electron chi connectivity index (χ2n) is 4.71. The van der Waals surface area contributed by atoms with E-state index in [1.54, 1.807) is 0 Å². The Kier molecular flexibility index (Phi) is 6.97. The van der Waals surface area contributed by atoms with Crippen LogP contribution in [0.15, 0.2) is 24.3 Å². The van der Waals surface area contributed by atoms with Crippen LogP contribution in [0.5, 0.6) is 5.75 Å². The second kappa shape index (κ2) is 8.53. The highest BCUT2D eigenvalue weighted by Gasteiger charge is 2.12. The third-order valence-electron chi connectivity index (χ3n) is 2.94. The fourth-order valence-electron chi connectivity index (χ4n) is 1.82. The first-order valence-corrected chi connectivity index (χ1v) is 6.83. The summed E-state index contributed by atoms with van der Waals surface area (Å²) in [6, 6.07) is 6.62. The average molecular weight is 265 g/mol. The van der Waals surface area contributed by atoms with E-state index in [0.29, 0.717) is 13.0 Å². The van der Waals surface area contributed by atoms with Gasteiger partial charge in [-0.05, 0) is 30.5 Å². The summed E-state index contributed by atoms with van der Waals surface area (Å²) in [5, 5.41) is 8.78. The van der Waals surface area contributed by atoms with E-state index in [2.05, 4.69) is 6.92 Å². The smallest absolute Gasteiger partial charge is 0.320 e. The van der Waals surface area contributed by atoms with Gasteiger partial charge in [0.2, 0.25) is 0 Å². The van der Waals surface area contributed by atoms with Crippen LogP contribution in [0, 0.1) is 0 Å². The maximum atomic E-state index is 10.7.